The molecule has 1 amide bonds. The average molecular weight is 522 g/mol. The van der Waals surface area contributed by atoms with Crippen molar-refractivity contribution in [2.75, 3.05) is 37.6 Å². The van der Waals surface area contributed by atoms with Crippen LogP contribution in [0.5, 0.6) is 5.75 Å². The molecule has 1 aliphatic rings. The number of nitrogens with zero attached hydrogens (tertiary/aromatic N) is 2. The minimum Gasteiger partial charge on any atom is -0.497 e. The molecule has 0 spiro atoms. The van der Waals surface area contributed by atoms with Gasteiger partial charge in [-0.1, -0.05) is 48.9 Å². The molecule has 0 aromatic heterocycles. The summed E-state index contributed by atoms with van der Waals surface area (Å²) >= 11 is 0. The molecule has 4 rings (SSSR count). The number of nitrogens with one attached hydrogen (secondary N) is 1. The van der Waals surface area contributed by atoms with Crippen LogP contribution in [-0.4, -0.2) is 52.5 Å². The maximum Gasteiger partial charge on any atom is 0.264 e. The van der Waals surface area contributed by atoms with Crippen molar-refractivity contribution in [1.29, 1.82) is 0 Å². The van der Waals surface area contributed by atoms with E-state index in [1.54, 1.807) is 36.4 Å². The highest BCUT2D eigenvalue weighted by Crippen LogP contribution is 2.30. The van der Waals surface area contributed by atoms with E-state index in [0.717, 1.165) is 31.6 Å². The number of para-hydroxylation sites is 1. The molecule has 8 heteroatoms. The molecule has 37 heavy (non-hydrogen) atoms. The molecule has 0 aliphatic carbocycles. The maximum absolute atomic E-state index is 13.9. The number of carbonyl (C=O) groups excluding carboxylic acids is 1. The minimum atomic E-state index is -3.98. The summed E-state index contributed by atoms with van der Waals surface area (Å²) in [5.74, 6) is 0.287. The maximum atomic E-state index is 13.9. The number of methoxy groups -OCH3 is 1. The highest BCUT2D eigenvalue weighted by atomic mass is 32.2. The second kappa shape index (κ2) is 12.7. The standard InChI is InChI=1S/C29H35N3O4S/c1-36-25-15-17-26(18-16-25)37(34,35)32(23-24-11-4-2-5-12-24)28-14-7-6-13-27(28)29(33)30-19-10-22-31-20-8-3-9-21-31/h2,4-7,11-18H,3,8-10,19-23H2,1H3,(H,30,33). The molecule has 1 N–H and O–H groups in total. The third kappa shape index (κ3) is 6.90. The summed E-state index contributed by atoms with van der Waals surface area (Å²) < 4.78 is 34.3. The molecule has 1 heterocycles. The van der Waals surface area contributed by atoms with Crippen LogP contribution in [0.2, 0.25) is 0 Å². The summed E-state index contributed by atoms with van der Waals surface area (Å²) in [7, 11) is -2.45. The third-order valence-electron chi connectivity index (χ3n) is 6.62. The van der Waals surface area contributed by atoms with E-state index in [1.807, 2.05) is 30.3 Å². The van der Waals surface area contributed by atoms with Crippen molar-refractivity contribution in [3.63, 3.8) is 0 Å². The van der Waals surface area contributed by atoms with Crippen LogP contribution in [0.4, 0.5) is 5.69 Å². The molecule has 0 atom stereocenters. The summed E-state index contributed by atoms with van der Waals surface area (Å²) in [5.41, 5.74) is 1.49. The van der Waals surface area contributed by atoms with Gasteiger partial charge in [-0.2, -0.15) is 0 Å². The Morgan fingerprint density at radius 3 is 2.30 bits per heavy atom. The van der Waals surface area contributed by atoms with Crippen LogP contribution in [0.3, 0.4) is 0 Å². The second-order valence-electron chi connectivity index (χ2n) is 9.20. The predicted octanol–water partition coefficient (Wildman–Crippen LogP) is 4.70. The summed E-state index contributed by atoms with van der Waals surface area (Å²) in [6.07, 6.45) is 4.62. The van der Waals surface area contributed by atoms with Crippen molar-refractivity contribution in [1.82, 2.24) is 10.2 Å². The molecule has 1 saturated heterocycles. The molecule has 0 unspecified atom stereocenters. The van der Waals surface area contributed by atoms with E-state index in [4.69, 9.17) is 4.74 Å². The van der Waals surface area contributed by atoms with Crippen LogP contribution in [-0.2, 0) is 16.6 Å². The summed E-state index contributed by atoms with van der Waals surface area (Å²) in [5, 5.41) is 3.00. The number of hydrogen-bond acceptors (Lipinski definition) is 5. The first-order valence-electron chi connectivity index (χ1n) is 12.8. The summed E-state index contributed by atoms with van der Waals surface area (Å²) in [4.78, 5) is 15.8. The van der Waals surface area contributed by atoms with E-state index < -0.39 is 10.0 Å². The molecular weight excluding hydrogens is 486 g/mol. The van der Waals surface area contributed by atoms with E-state index in [-0.39, 0.29) is 17.3 Å². The van der Waals surface area contributed by atoms with Crippen molar-refractivity contribution in [3.8, 4) is 5.75 Å². The summed E-state index contributed by atoms with van der Waals surface area (Å²) in [6.45, 7) is 3.82. The molecule has 0 radical (unpaired) electrons. The highest BCUT2D eigenvalue weighted by Gasteiger charge is 2.28. The zero-order valence-corrected chi connectivity index (χ0v) is 22.1. The molecular formula is C29H35N3O4S. The van der Waals surface area contributed by atoms with Gasteiger partial charge in [0.15, 0.2) is 0 Å². The molecule has 0 bridgehead atoms. The molecule has 7 nitrogen and oxygen atoms in total. The lowest BCUT2D eigenvalue weighted by molar-refractivity contribution is 0.0951. The molecule has 0 saturated carbocycles. The number of carbonyl (C=O) groups is 1. The Bertz CT molecular complexity index is 1260. The Balaban J connectivity index is 1.58. The number of hydrogen-bond donors (Lipinski definition) is 1. The van der Waals surface area contributed by atoms with Gasteiger partial charge in [0.1, 0.15) is 5.75 Å². The SMILES string of the molecule is COc1ccc(S(=O)(=O)N(Cc2ccccc2)c2ccccc2C(=O)NCCCN2CCCCC2)cc1. The first-order valence-corrected chi connectivity index (χ1v) is 14.2. The van der Waals surface area contributed by atoms with Gasteiger partial charge in [-0.05, 0) is 80.9 Å². The van der Waals surface area contributed by atoms with Crippen LogP contribution >= 0.6 is 0 Å². The van der Waals surface area contributed by atoms with E-state index >= 15 is 0 Å². The van der Waals surface area contributed by atoms with E-state index in [1.165, 1.54) is 42.8 Å². The van der Waals surface area contributed by atoms with Crippen molar-refractivity contribution >= 4 is 21.6 Å². The van der Waals surface area contributed by atoms with Crippen molar-refractivity contribution in [3.05, 3.63) is 90.0 Å². The summed E-state index contributed by atoms with van der Waals surface area (Å²) in [6, 6.07) is 22.5. The Labute approximate surface area is 220 Å². The fourth-order valence-corrected chi connectivity index (χ4v) is 6.06. The lowest BCUT2D eigenvalue weighted by atomic mass is 10.1. The number of piperidine rings is 1. The molecule has 1 aliphatic heterocycles. The van der Waals surface area contributed by atoms with Gasteiger partial charge in [0.2, 0.25) is 0 Å². The van der Waals surface area contributed by atoms with Crippen molar-refractivity contribution in [2.45, 2.75) is 37.1 Å². The quantitative estimate of drug-likeness (QED) is 0.370. The lowest BCUT2D eigenvalue weighted by Crippen LogP contribution is -2.35. The monoisotopic (exact) mass is 521 g/mol. The number of likely N-dealkylation sites (tertiary alicyclic amines) is 1. The Hall–Kier alpha value is -3.36. The van der Waals surface area contributed by atoms with E-state index in [9.17, 15) is 13.2 Å². The Morgan fingerprint density at radius 2 is 1.59 bits per heavy atom. The first-order chi connectivity index (χ1) is 18.0. The average Bonchev–Trinajstić information content (AvgIpc) is 2.95. The number of ether oxygens (including phenoxy) is 1. The predicted molar refractivity (Wildman–Crippen MR) is 146 cm³/mol. The molecule has 1 fully saturated rings. The van der Waals surface area contributed by atoms with Gasteiger partial charge in [0.25, 0.3) is 15.9 Å². The highest BCUT2D eigenvalue weighted by molar-refractivity contribution is 7.92. The topological polar surface area (TPSA) is 79.0 Å². The number of sulfonamides is 1. The normalized spacial score (nSPS) is 14.2. The van der Waals surface area contributed by atoms with Gasteiger partial charge in [-0.25, -0.2) is 8.42 Å². The van der Waals surface area contributed by atoms with Gasteiger partial charge in [-0.15, -0.1) is 0 Å². The van der Waals surface area contributed by atoms with Crippen LogP contribution in [0.25, 0.3) is 0 Å². The van der Waals surface area contributed by atoms with Gasteiger partial charge in [0, 0.05) is 6.54 Å². The van der Waals surface area contributed by atoms with Crippen LogP contribution in [0.1, 0.15) is 41.6 Å². The fourth-order valence-electron chi connectivity index (χ4n) is 4.59. The van der Waals surface area contributed by atoms with Crippen molar-refractivity contribution in [2.24, 2.45) is 0 Å². The molecule has 3 aromatic carbocycles. The number of amides is 1. The van der Waals surface area contributed by atoms with E-state index in [0.29, 0.717) is 23.5 Å². The minimum absolute atomic E-state index is 0.0917. The fraction of sp³-hybridized carbons (Fsp3) is 0.345. The van der Waals surface area contributed by atoms with Crippen LogP contribution < -0.4 is 14.4 Å². The van der Waals surface area contributed by atoms with Crippen LogP contribution in [0.15, 0.2) is 83.8 Å². The smallest absolute Gasteiger partial charge is 0.264 e. The third-order valence-corrected chi connectivity index (χ3v) is 8.39. The number of rotatable bonds is 11. The first kappa shape index (κ1) is 26.7. The molecule has 3 aromatic rings. The van der Waals surface area contributed by atoms with Crippen molar-refractivity contribution < 1.29 is 17.9 Å². The van der Waals surface area contributed by atoms with Gasteiger partial charge < -0.3 is 15.0 Å². The largest absolute Gasteiger partial charge is 0.497 e. The second-order valence-corrected chi connectivity index (χ2v) is 11.1. The Kier molecular flexibility index (Phi) is 9.19. The lowest BCUT2D eigenvalue weighted by Gasteiger charge is -2.27. The van der Waals surface area contributed by atoms with E-state index in [2.05, 4.69) is 10.2 Å². The van der Waals surface area contributed by atoms with Crippen LogP contribution in [0, 0.1) is 0 Å². The van der Waals surface area contributed by atoms with Gasteiger partial charge in [-0.3, -0.25) is 9.10 Å². The zero-order valence-electron chi connectivity index (χ0n) is 21.3. The number of benzene rings is 3. The molecule has 196 valence electrons. The number of anilines is 1. The van der Waals surface area contributed by atoms with Gasteiger partial charge in [0.05, 0.1) is 29.8 Å². The zero-order chi connectivity index (χ0) is 26.1. The Morgan fingerprint density at radius 1 is 0.919 bits per heavy atom. The van der Waals surface area contributed by atoms with Gasteiger partial charge >= 0.3 is 0 Å².